The third-order valence-corrected chi connectivity index (χ3v) is 3.89. The Balaban J connectivity index is 1.55. The first kappa shape index (κ1) is 14.3. The predicted octanol–water partition coefficient (Wildman–Crippen LogP) is 3.41. The highest BCUT2D eigenvalue weighted by Gasteiger charge is 2.15. The number of rotatable bonds is 4. The molecule has 4 rings (SSSR count). The highest BCUT2D eigenvalue weighted by Crippen LogP contribution is 2.24. The molecule has 0 aliphatic carbocycles. The van der Waals surface area contributed by atoms with E-state index in [0.717, 1.165) is 21.9 Å². The number of hydrogen-bond acceptors (Lipinski definition) is 4. The Morgan fingerprint density at radius 1 is 1.17 bits per heavy atom. The molecule has 4 aromatic rings. The van der Waals surface area contributed by atoms with Gasteiger partial charge >= 0.3 is 5.97 Å². The maximum Gasteiger partial charge on any atom is 0.340 e. The number of carbonyl (C=O) groups excluding carboxylic acids is 1. The first-order chi connectivity index (χ1) is 11.7. The van der Waals surface area contributed by atoms with Gasteiger partial charge in [0.15, 0.2) is 0 Å². The van der Waals surface area contributed by atoms with E-state index in [1.165, 1.54) is 0 Å². The molecule has 0 aliphatic heterocycles. The lowest BCUT2D eigenvalue weighted by atomic mass is 10.1. The fourth-order valence-corrected chi connectivity index (χ4v) is 2.68. The summed E-state index contributed by atoms with van der Waals surface area (Å²) in [6, 6.07) is 13.2. The summed E-state index contributed by atoms with van der Waals surface area (Å²) in [5.41, 5.74) is 3.09. The molecule has 0 saturated heterocycles. The van der Waals surface area contributed by atoms with Crippen molar-refractivity contribution in [2.75, 3.05) is 7.11 Å². The van der Waals surface area contributed by atoms with Gasteiger partial charge in [0.1, 0.15) is 18.2 Å². The second-order valence-electron chi connectivity index (χ2n) is 5.39. The summed E-state index contributed by atoms with van der Waals surface area (Å²) in [5, 5.41) is 0.768. The minimum Gasteiger partial charge on any atom is -0.497 e. The summed E-state index contributed by atoms with van der Waals surface area (Å²) in [6.07, 6.45) is 1.64. The fourth-order valence-electron chi connectivity index (χ4n) is 2.68. The van der Waals surface area contributed by atoms with Gasteiger partial charge in [-0.2, -0.15) is 0 Å². The highest BCUT2D eigenvalue weighted by atomic mass is 16.5. The Bertz CT molecular complexity index is 999. The number of aromatic amines is 2. The summed E-state index contributed by atoms with van der Waals surface area (Å²) in [6.45, 7) is 0.0875. The van der Waals surface area contributed by atoms with Crippen molar-refractivity contribution in [2.45, 2.75) is 6.61 Å². The lowest BCUT2D eigenvalue weighted by molar-refractivity contribution is 0.0466. The van der Waals surface area contributed by atoms with Crippen LogP contribution in [0.2, 0.25) is 0 Å². The maximum atomic E-state index is 12.4. The zero-order chi connectivity index (χ0) is 16.5. The molecule has 0 atom stereocenters. The van der Waals surface area contributed by atoms with E-state index in [2.05, 4.69) is 15.0 Å². The number of fused-ring (bicyclic) bond motifs is 2. The number of nitrogens with zero attached hydrogens (tertiary/aromatic N) is 1. The largest absolute Gasteiger partial charge is 0.497 e. The second kappa shape index (κ2) is 5.73. The van der Waals surface area contributed by atoms with Gasteiger partial charge in [-0.15, -0.1) is 0 Å². The number of methoxy groups -OCH3 is 1. The van der Waals surface area contributed by atoms with Crippen molar-refractivity contribution in [2.24, 2.45) is 0 Å². The second-order valence-corrected chi connectivity index (χ2v) is 5.39. The lowest BCUT2D eigenvalue weighted by Gasteiger charge is -2.03. The standard InChI is InChI=1S/C18H15N3O3/c1-23-11-6-7-14-12(8-11)13(9-19-14)18(22)24-10-17-20-15-4-2-3-5-16(15)21-17/h2-9,19H,10H2,1H3,(H,20,21). The van der Waals surface area contributed by atoms with Gasteiger partial charge in [0.05, 0.1) is 23.7 Å². The average molecular weight is 321 g/mol. The maximum absolute atomic E-state index is 12.4. The first-order valence-electron chi connectivity index (χ1n) is 7.50. The van der Waals surface area contributed by atoms with E-state index in [4.69, 9.17) is 9.47 Å². The fraction of sp³-hybridized carbons (Fsp3) is 0.111. The Kier molecular flexibility index (Phi) is 3.42. The van der Waals surface area contributed by atoms with Crippen molar-refractivity contribution >= 4 is 27.9 Å². The number of ether oxygens (including phenoxy) is 2. The molecule has 2 aromatic heterocycles. The van der Waals surface area contributed by atoms with Gasteiger partial charge in [0.25, 0.3) is 0 Å². The minimum absolute atomic E-state index is 0.0875. The number of aromatic nitrogens is 3. The van der Waals surface area contributed by atoms with Crippen LogP contribution in [0.3, 0.4) is 0 Å². The summed E-state index contributed by atoms with van der Waals surface area (Å²) in [4.78, 5) is 23.0. The SMILES string of the molecule is COc1ccc2[nH]cc(C(=O)OCc3nc4ccccc4[nH]3)c2c1. The minimum atomic E-state index is -0.407. The summed E-state index contributed by atoms with van der Waals surface area (Å²) in [7, 11) is 1.59. The van der Waals surface area contributed by atoms with Crippen LogP contribution in [0.15, 0.2) is 48.7 Å². The molecular weight excluding hydrogens is 306 g/mol. The Labute approximate surface area is 137 Å². The molecule has 0 fully saturated rings. The van der Waals surface area contributed by atoms with Crippen LogP contribution in [0.4, 0.5) is 0 Å². The van der Waals surface area contributed by atoms with Gasteiger partial charge in [0, 0.05) is 17.1 Å². The monoisotopic (exact) mass is 321 g/mol. The topological polar surface area (TPSA) is 80.0 Å². The van der Waals surface area contributed by atoms with Gasteiger partial charge in [-0.25, -0.2) is 9.78 Å². The van der Waals surface area contributed by atoms with Crippen LogP contribution in [0.1, 0.15) is 16.2 Å². The summed E-state index contributed by atoms with van der Waals surface area (Å²) < 4.78 is 10.6. The highest BCUT2D eigenvalue weighted by molar-refractivity contribution is 6.04. The normalized spacial score (nSPS) is 11.0. The van der Waals surface area contributed by atoms with E-state index >= 15 is 0 Å². The molecule has 2 aromatic carbocycles. The molecule has 6 heteroatoms. The van der Waals surface area contributed by atoms with Gasteiger partial charge in [-0.05, 0) is 30.3 Å². The van der Waals surface area contributed by atoms with Crippen LogP contribution in [-0.4, -0.2) is 28.0 Å². The average Bonchev–Trinajstić information content (AvgIpc) is 3.22. The van der Waals surface area contributed by atoms with E-state index in [1.54, 1.807) is 13.3 Å². The summed E-state index contributed by atoms with van der Waals surface area (Å²) in [5.74, 6) is 0.894. The van der Waals surface area contributed by atoms with E-state index in [-0.39, 0.29) is 6.61 Å². The van der Waals surface area contributed by atoms with Gasteiger partial charge < -0.3 is 19.4 Å². The lowest BCUT2D eigenvalue weighted by Crippen LogP contribution is -2.05. The van der Waals surface area contributed by atoms with Crippen molar-refractivity contribution in [3.63, 3.8) is 0 Å². The molecule has 24 heavy (non-hydrogen) atoms. The zero-order valence-electron chi connectivity index (χ0n) is 13.0. The Hall–Kier alpha value is -3.28. The molecule has 120 valence electrons. The number of para-hydroxylation sites is 2. The third-order valence-electron chi connectivity index (χ3n) is 3.89. The van der Waals surface area contributed by atoms with Crippen LogP contribution in [0.5, 0.6) is 5.75 Å². The first-order valence-corrected chi connectivity index (χ1v) is 7.50. The molecule has 0 amide bonds. The van der Waals surface area contributed by atoms with Crippen LogP contribution in [0, 0.1) is 0 Å². The van der Waals surface area contributed by atoms with Crippen molar-refractivity contribution in [1.29, 1.82) is 0 Å². The summed E-state index contributed by atoms with van der Waals surface area (Å²) >= 11 is 0. The van der Waals surface area contributed by atoms with Crippen molar-refractivity contribution < 1.29 is 14.3 Å². The van der Waals surface area contributed by atoms with Gasteiger partial charge in [-0.1, -0.05) is 12.1 Å². The van der Waals surface area contributed by atoms with Gasteiger partial charge in [0.2, 0.25) is 0 Å². The number of hydrogen-bond donors (Lipinski definition) is 2. The molecule has 0 bridgehead atoms. The van der Waals surface area contributed by atoms with Gasteiger partial charge in [-0.3, -0.25) is 0 Å². The molecule has 0 unspecified atom stereocenters. The number of H-pyrrole nitrogens is 2. The Morgan fingerprint density at radius 2 is 2.04 bits per heavy atom. The Morgan fingerprint density at radius 3 is 2.88 bits per heavy atom. The molecule has 0 saturated carbocycles. The molecule has 2 heterocycles. The van der Waals surface area contributed by atoms with E-state index < -0.39 is 5.97 Å². The quantitative estimate of drug-likeness (QED) is 0.565. The third kappa shape index (κ3) is 2.48. The zero-order valence-corrected chi connectivity index (χ0v) is 13.0. The van der Waals surface area contributed by atoms with Crippen LogP contribution >= 0.6 is 0 Å². The van der Waals surface area contributed by atoms with Crippen LogP contribution < -0.4 is 4.74 Å². The number of nitrogens with one attached hydrogen (secondary N) is 2. The van der Waals surface area contributed by atoms with Crippen molar-refractivity contribution in [3.8, 4) is 5.75 Å². The van der Waals surface area contributed by atoms with E-state index in [1.807, 2.05) is 42.5 Å². The van der Waals surface area contributed by atoms with E-state index in [0.29, 0.717) is 17.1 Å². The van der Waals surface area contributed by atoms with Crippen molar-refractivity contribution in [3.05, 3.63) is 60.0 Å². The number of carbonyl (C=O) groups is 1. The molecule has 2 N–H and O–H groups in total. The molecule has 6 nitrogen and oxygen atoms in total. The number of benzene rings is 2. The number of imidazole rings is 1. The van der Waals surface area contributed by atoms with E-state index in [9.17, 15) is 4.79 Å². The van der Waals surface area contributed by atoms with Crippen LogP contribution in [0.25, 0.3) is 21.9 Å². The molecular formula is C18H15N3O3. The van der Waals surface area contributed by atoms with Crippen molar-refractivity contribution in [1.82, 2.24) is 15.0 Å². The smallest absolute Gasteiger partial charge is 0.340 e. The predicted molar refractivity (Wildman–Crippen MR) is 90.1 cm³/mol. The van der Waals surface area contributed by atoms with Crippen LogP contribution in [-0.2, 0) is 11.3 Å². The molecule has 0 aliphatic rings. The molecule has 0 spiro atoms. The molecule has 0 radical (unpaired) electrons. The number of esters is 1.